The summed E-state index contributed by atoms with van der Waals surface area (Å²) >= 11 is 1.13. The number of thiophene rings is 1. The minimum atomic E-state index is -3.65. The number of ether oxygens (including phenoxy) is 2. The molecule has 0 atom stereocenters. The number of hydrogen-bond donors (Lipinski definition) is 1. The molecule has 0 fully saturated rings. The third-order valence-corrected chi connectivity index (χ3v) is 6.92. The second-order valence-corrected chi connectivity index (χ2v) is 9.48. The van der Waals surface area contributed by atoms with Crippen molar-refractivity contribution < 1.29 is 17.9 Å². The van der Waals surface area contributed by atoms with E-state index in [9.17, 15) is 8.42 Å². The number of nitrogens with zero attached hydrogens (tertiary/aromatic N) is 1. The van der Waals surface area contributed by atoms with E-state index < -0.39 is 10.0 Å². The van der Waals surface area contributed by atoms with Gasteiger partial charge in [0, 0.05) is 0 Å². The van der Waals surface area contributed by atoms with E-state index in [4.69, 9.17) is 9.47 Å². The second-order valence-electron chi connectivity index (χ2n) is 6.64. The predicted octanol–water partition coefficient (Wildman–Crippen LogP) is 4.66. The van der Waals surface area contributed by atoms with Crippen molar-refractivity contribution in [3.05, 3.63) is 76.2 Å². The van der Waals surface area contributed by atoms with Gasteiger partial charge in [0.2, 0.25) is 0 Å². The maximum absolute atomic E-state index is 12.1. The zero-order valence-electron chi connectivity index (χ0n) is 17.1. The van der Waals surface area contributed by atoms with Gasteiger partial charge >= 0.3 is 0 Å². The van der Waals surface area contributed by atoms with Crippen LogP contribution in [0.3, 0.4) is 0 Å². The monoisotopic (exact) mass is 444 g/mol. The van der Waals surface area contributed by atoms with Crippen molar-refractivity contribution in [2.75, 3.05) is 6.61 Å². The Morgan fingerprint density at radius 2 is 1.90 bits per heavy atom. The van der Waals surface area contributed by atoms with Crippen LogP contribution in [0.2, 0.25) is 0 Å². The largest absolute Gasteiger partial charge is 0.490 e. The van der Waals surface area contributed by atoms with Gasteiger partial charge in [-0.25, -0.2) is 0 Å². The van der Waals surface area contributed by atoms with E-state index in [1.165, 1.54) is 23.4 Å². The lowest BCUT2D eigenvalue weighted by Gasteiger charge is -2.14. The number of benzene rings is 2. The fourth-order valence-electron chi connectivity index (χ4n) is 2.74. The molecule has 0 aliphatic heterocycles. The Kier molecular flexibility index (Phi) is 7.12. The third kappa shape index (κ3) is 5.61. The molecule has 0 aliphatic carbocycles. The standard InChI is InChI=1S/C22H24N2O4S2/c1-4-27-21-13-18(14-23-24-30(25,26)22-6-5-11-29-22)9-10-20(21)28-15-19-12-16(2)7-8-17(19)3/h5-14,24H,4,15H2,1-3H3/b23-14+. The van der Waals surface area contributed by atoms with E-state index in [2.05, 4.69) is 42.0 Å². The maximum atomic E-state index is 12.1. The molecule has 30 heavy (non-hydrogen) atoms. The van der Waals surface area contributed by atoms with Crippen LogP contribution in [0.5, 0.6) is 11.5 Å². The van der Waals surface area contributed by atoms with Gasteiger partial charge < -0.3 is 9.47 Å². The Bertz CT molecular complexity index is 1120. The molecule has 8 heteroatoms. The molecule has 0 radical (unpaired) electrons. The summed E-state index contributed by atoms with van der Waals surface area (Å²) in [5, 5.41) is 5.56. The quantitative estimate of drug-likeness (QED) is 0.385. The molecule has 6 nitrogen and oxygen atoms in total. The highest BCUT2D eigenvalue weighted by atomic mass is 32.2. The SMILES string of the molecule is CCOc1cc(/C=N/NS(=O)(=O)c2cccs2)ccc1OCc1cc(C)ccc1C. The van der Waals surface area contributed by atoms with Crippen molar-refractivity contribution in [2.24, 2.45) is 5.10 Å². The minimum absolute atomic E-state index is 0.213. The number of sulfonamides is 1. The summed E-state index contributed by atoms with van der Waals surface area (Å²) in [6.45, 7) is 6.91. The fourth-order valence-corrected chi connectivity index (χ4v) is 4.51. The first kappa shape index (κ1) is 21.9. The number of aryl methyl sites for hydroxylation is 2. The van der Waals surface area contributed by atoms with Crippen molar-refractivity contribution in [1.82, 2.24) is 4.83 Å². The number of nitrogens with one attached hydrogen (secondary N) is 1. The zero-order chi connectivity index (χ0) is 21.6. The van der Waals surface area contributed by atoms with Crippen LogP contribution < -0.4 is 14.3 Å². The molecular formula is C22H24N2O4S2. The van der Waals surface area contributed by atoms with Gasteiger partial charge in [0.1, 0.15) is 10.8 Å². The summed E-state index contributed by atoms with van der Waals surface area (Å²) in [7, 11) is -3.65. The van der Waals surface area contributed by atoms with Crippen molar-refractivity contribution in [3.8, 4) is 11.5 Å². The van der Waals surface area contributed by atoms with Gasteiger partial charge in [0.05, 0.1) is 12.8 Å². The van der Waals surface area contributed by atoms with E-state index in [0.29, 0.717) is 30.3 Å². The summed E-state index contributed by atoms with van der Waals surface area (Å²) < 4.78 is 36.1. The average molecular weight is 445 g/mol. The number of hydrazone groups is 1. The van der Waals surface area contributed by atoms with Crippen LogP contribution in [0.15, 0.2) is 63.2 Å². The molecule has 0 amide bonds. The molecule has 1 aromatic heterocycles. The highest BCUT2D eigenvalue weighted by molar-refractivity contribution is 7.91. The van der Waals surface area contributed by atoms with E-state index in [0.717, 1.165) is 16.9 Å². The van der Waals surface area contributed by atoms with Gasteiger partial charge in [-0.2, -0.15) is 18.4 Å². The molecule has 0 spiro atoms. The summed E-state index contributed by atoms with van der Waals surface area (Å²) in [4.78, 5) is 2.21. The molecule has 3 rings (SSSR count). The molecule has 158 valence electrons. The Hall–Kier alpha value is -2.84. The maximum Gasteiger partial charge on any atom is 0.286 e. The molecule has 2 aromatic carbocycles. The normalized spacial score (nSPS) is 11.6. The van der Waals surface area contributed by atoms with Crippen LogP contribution in [-0.2, 0) is 16.6 Å². The third-order valence-electron chi connectivity index (χ3n) is 4.30. The Balaban J connectivity index is 1.72. The van der Waals surface area contributed by atoms with Crippen molar-refractivity contribution in [3.63, 3.8) is 0 Å². The Morgan fingerprint density at radius 3 is 2.63 bits per heavy atom. The lowest BCUT2D eigenvalue weighted by Crippen LogP contribution is -2.17. The van der Waals surface area contributed by atoms with Gasteiger partial charge in [-0.1, -0.05) is 29.8 Å². The van der Waals surface area contributed by atoms with E-state index in [-0.39, 0.29) is 4.21 Å². The lowest BCUT2D eigenvalue weighted by molar-refractivity contribution is 0.269. The summed E-state index contributed by atoms with van der Waals surface area (Å²) in [5.41, 5.74) is 4.15. The van der Waals surface area contributed by atoms with Crippen molar-refractivity contribution >= 4 is 27.6 Å². The first-order valence-electron chi connectivity index (χ1n) is 9.43. The van der Waals surface area contributed by atoms with E-state index in [1.807, 2.05) is 6.92 Å². The highest BCUT2D eigenvalue weighted by Gasteiger charge is 2.13. The van der Waals surface area contributed by atoms with Crippen molar-refractivity contribution in [1.29, 1.82) is 0 Å². The van der Waals surface area contributed by atoms with Crippen LogP contribution in [0, 0.1) is 13.8 Å². The van der Waals surface area contributed by atoms with Gasteiger partial charge in [-0.15, -0.1) is 11.3 Å². The molecule has 0 saturated heterocycles. The Morgan fingerprint density at radius 1 is 1.07 bits per heavy atom. The highest BCUT2D eigenvalue weighted by Crippen LogP contribution is 2.29. The first-order chi connectivity index (χ1) is 14.4. The first-order valence-corrected chi connectivity index (χ1v) is 11.8. The molecule has 1 heterocycles. The molecule has 3 aromatic rings. The van der Waals surface area contributed by atoms with Crippen molar-refractivity contribution in [2.45, 2.75) is 31.6 Å². The molecular weight excluding hydrogens is 420 g/mol. The lowest BCUT2D eigenvalue weighted by atomic mass is 10.1. The van der Waals surface area contributed by atoms with E-state index in [1.54, 1.807) is 29.6 Å². The van der Waals surface area contributed by atoms with Crippen LogP contribution in [0.4, 0.5) is 0 Å². The molecule has 1 N–H and O–H groups in total. The fraction of sp³-hybridized carbons (Fsp3) is 0.227. The second kappa shape index (κ2) is 9.77. The smallest absolute Gasteiger partial charge is 0.286 e. The molecule has 0 unspecified atom stereocenters. The summed E-state index contributed by atoms with van der Waals surface area (Å²) in [6.07, 6.45) is 1.43. The summed E-state index contributed by atoms with van der Waals surface area (Å²) in [6, 6.07) is 14.8. The van der Waals surface area contributed by atoms with Gasteiger partial charge in [0.15, 0.2) is 11.5 Å². The minimum Gasteiger partial charge on any atom is -0.490 e. The van der Waals surface area contributed by atoms with Crippen LogP contribution >= 0.6 is 11.3 Å². The van der Waals surface area contributed by atoms with Gasteiger partial charge in [-0.05, 0) is 67.1 Å². The number of hydrogen-bond acceptors (Lipinski definition) is 6. The van der Waals surface area contributed by atoms with Crippen LogP contribution in [-0.4, -0.2) is 21.2 Å². The topological polar surface area (TPSA) is 77.0 Å². The molecule has 0 aliphatic rings. The summed E-state index contributed by atoms with van der Waals surface area (Å²) in [5.74, 6) is 1.20. The van der Waals surface area contributed by atoms with Crippen LogP contribution in [0.1, 0.15) is 29.2 Å². The molecule has 0 bridgehead atoms. The number of rotatable bonds is 9. The van der Waals surface area contributed by atoms with Gasteiger partial charge in [0.25, 0.3) is 10.0 Å². The Labute approximate surface area is 181 Å². The zero-order valence-corrected chi connectivity index (χ0v) is 18.7. The average Bonchev–Trinajstić information content (AvgIpc) is 3.26. The predicted molar refractivity (Wildman–Crippen MR) is 120 cm³/mol. The van der Waals surface area contributed by atoms with Gasteiger partial charge in [-0.3, -0.25) is 0 Å². The van der Waals surface area contributed by atoms with Crippen LogP contribution in [0.25, 0.3) is 0 Å². The van der Waals surface area contributed by atoms with E-state index >= 15 is 0 Å². The molecule has 0 saturated carbocycles.